The number of ether oxygens (including phenoxy) is 1. The number of anilines is 3. The third kappa shape index (κ3) is 8.55. The Bertz CT molecular complexity index is 1910. The highest BCUT2D eigenvalue weighted by atomic mass is 32.2. The lowest BCUT2D eigenvalue weighted by molar-refractivity contribution is 0.0341. The molecule has 4 aromatic rings. The number of benzene rings is 4. The van der Waals surface area contributed by atoms with Crippen molar-refractivity contribution in [2.45, 2.75) is 37.4 Å². The van der Waals surface area contributed by atoms with Gasteiger partial charge in [-0.25, -0.2) is 12.8 Å². The molecule has 4 aromatic carbocycles. The van der Waals surface area contributed by atoms with Crippen molar-refractivity contribution in [2.75, 3.05) is 42.5 Å². The molecule has 0 spiro atoms. The molecule has 0 radical (unpaired) electrons. The molecule has 2 amide bonds. The van der Waals surface area contributed by atoms with Crippen molar-refractivity contribution in [3.05, 3.63) is 114 Å². The van der Waals surface area contributed by atoms with E-state index in [1.807, 2.05) is 26.1 Å². The Hall–Kier alpha value is -4.98. The lowest BCUT2D eigenvalue weighted by Crippen LogP contribution is -2.49. The van der Waals surface area contributed by atoms with Gasteiger partial charge < -0.3 is 25.8 Å². The van der Waals surface area contributed by atoms with Crippen molar-refractivity contribution in [1.82, 2.24) is 9.80 Å². The lowest BCUT2D eigenvalue weighted by atomic mass is 9.99. The third-order valence-corrected chi connectivity index (χ3v) is 9.81. The van der Waals surface area contributed by atoms with Gasteiger partial charge >= 0.3 is 0 Å². The van der Waals surface area contributed by atoms with Crippen LogP contribution in [-0.4, -0.2) is 74.0 Å². The molecule has 1 aliphatic rings. The van der Waals surface area contributed by atoms with Crippen LogP contribution in [0.4, 0.5) is 21.5 Å². The Morgan fingerprint density at radius 2 is 1.78 bits per heavy atom. The average molecular weight is 690 g/mol. The number of nitrogens with two attached hydrogens (primary N) is 1. The minimum Gasteiger partial charge on any atom is -0.488 e. The number of amides is 2. The predicted octanol–water partition coefficient (Wildman–Crippen LogP) is 4.81. The number of fused-ring (bicyclic) bond motifs is 1. The van der Waals surface area contributed by atoms with E-state index < -0.39 is 27.8 Å². The smallest absolute Gasteiger partial charge is 0.261 e. The first-order valence-corrected chi connectivity index (χ1v) is 17.3. The number of likely N-dealkylation sites (N-methyl/N-ethyl adjacent to an activating group) is 1. The Kier molecular flexibility index (Phi) is 10.9. The molecule has 258 valence electrons. The van der Waals surface area contributed by atoms with Gasteiger partial charge in [0.05, 0.1) is 34.5 Å². The van der Waals surface area contributed by atoms with Crippen LogP contribution < -0.4 is 20.5 Å². The summed E-state index contributed by atoms with van der Waals surface area (Å²) in [5.74, 6) is -1.10. The number of hydrogen-bond acceptors (Lipinski definition) is 8. The Morgan fingerprint density at radius 3 is 2.45 bits per heavy atom. The van der Waals surface area contributed by atoms with Gasteiger partial charge in [0.1, 0.15) is 17.7 Å². The molecule has 3 atom stereocenters. The maximum Gasteiger partial charge on any atom is 0.261 e. The zero-order valence-corrected chi connectivity index (χ0v) is 28.3. The number of aliphatic hydroxyl groups is 1. The molecule has 0 saturated carbocycles. The Morgan fingerprint density at radius 1 is 1.08 bits per heavy atom. The molecule has 0 unspecified atom stereocenters. The van der Waals surface area contributed by atoms with Crippen molar-refractivity contribution >= 4 is 38.9 Å². The summed E-state index contributed by atoms with van der Waals surface area (Å²) >= 11 is 0. The molecule has 0 aromatic heterocycles. The zero-order chi connectivity index (χ0) is 35.3. The molecule has 0 bridgehead atoms. The number of para-hydroxylation sites is 2. The summed E-state index contributed by atoms with van der Waals surface area (Å²) in [5.41, 5.74) is 8.71. The molecule has 0 fully saturated rings. The van der Waals surface area contributed by atoms with E-state index in [2.05, 4.69) is 14.9 Å². The molecular weight excluding hydrogens is 649 g/mol. The Balaban J connectivity index is 1.32. The van der Waals surface area contributed by atoms with Gasteiger partial charge in [-0.1, -0.05) is 31.2 Å². The lowest BCUT2D eigenvalue weighted by Gasteiger charge is -2.38. The molecule has 0 aliphatic carbocycles. The highest BCUT2D eigenvalue weighted by Gasteiger charge is 2.34. The fourth-order valence-corrected chi connectivity index (χ4v) is 6.63. The molecule has 1 heterocycles. The predicted molar refractivity (Wildman–Crippen MR) is 186 cm³/mol. The van der Waals surface area contributed by atoms with E-state index in [9.17, 15) is 27.5 Å². The highest BCUT2D eigenvalue weighted by Crippen LogP contribution is 2.31. The molecule has 13 heteroatoms. The third-order valence-electron chi connectivity index (χ3n) is 8.41. The van der Waals surface area contributed by atoms with Crippen LogP contribution >= 0.6 is 0 Å². The maximum absolute atomic E-state index is 13.8. The van der Waals surface area contributed by atoms with Crippen LogP contribution in [0.3, 0.4) is 0 Å². The molecule has 5 rings (SSSR count). The maximum atomic E-state index is 13.8. The normalized spacial score (nSPS) is 17.0. The van der Waals surface area contributed by atoms with E-state index in [1.54, 1.807) is 54.3 Å². The number of carbonyl (C=O) groups is 2. The SMILES string of the molecule is C[C@H](CO)N1C[C@H](C)[C@H](CN(C)Cc2ccc(C(=O)Nc3ccccc3N)cc2)Oc2ccc(NS(=O)(=O)c3ccc(F)cc3)cc2C1=O. The Labute approximate surface area is 285 Å². The quantitative estimate of drug-likeness (QED) is 0.164. The number of hydrogen-bond donors (Lipinski definition) is 4. The first-order chi connectivity index (χ1) is 23.3. The average Bonchev–Trinajstić information content (AvgIpc) is 3.07. The van der Waals surface area contributed by atoms with Gasteiger partial charge in [-0.05, 0) is 86.3 Å². The highest BCUT2D eigenvalue weighted by molar-refractivity contribution is 7.92. The number of nitrogen functional groups attached to an aromatic ring is 1. The number of halogens is 1. The van der Waals surface area contributed by atoms with Crippen LogP contribution in [0.2, 0.25) is 0 Å². The number of nitrogens with one attached hydrogen (secondary N) is 2. The van der Waals surface area contributed by atoms with Crippen LogP contribution in [0.1, 0.15) is 40.1 Å². The number of nitrogens with zero attached hydrogens (tertiary/aromatic N) is 2. The summed E-state index contributed by atoms with van der Waals surface area (Å²) in [6.07, 6.45) is -0.381. The minimum absolute atomic E-state index is 0.128. The molecular formula is C36H40FN5O6S. The van der Waals surface area contributed by atoms with Crippen LogP contribution in [0.25, 0.3) is 0 Å². The summed E-state index contributed by atoms with van der Waals surface area (Å²) in [4.78, 5) is 30.1. The van der Waals surface area contributed by atoms with Gasteiger partial charge in [0.15, 0.2) is 0 Å². The van der Waals surface area contributed by atoms with Crippen molar-refractivity contribution in [1.29, 1.82) is 0 Å². The standard InChI is InChI=1S/C36H40FN5O6S/c1-23-19-42(24(2)22-43)36(45)30-18-28(40-49(46,47)29-15-12-27(37)13-16-29)14-17-33(30)48-34(23)21-41(3)20-25-8-10-26(11-9-25)35(44)39-32-7-5-4-6-31(32)38/h4-18,23-24,34,40,43H,19-22,38H2,1-3H3,(H,39,44)/t23-,24+,34-/m0/s1. The van der Waals surface area contributed by atoms with Crippen molar-refractivity contribution < 1.29 is 32.2 Å². The van der Waals surface area contributed by atoms with Gasteiger partial charge in [0, 0.05) is 36.8 Å². The van der Waals surface area contributed by atoms with E-state index in [1.165, 1.54) is 12.1 Å². The fraction of sp³-hybridized carbons (Fsp3) is 0.278. The summed E-state index contributed by atoms with van der Waals surface area (Å²) in [6, 6.07) is 22.7. The number of rotatable bonds is 11. The van der Waals surface area contributed by atoms with E-state index in [4.69, 9.17) is 10.5 Å². The van der Waals surface area contributed by atoms with E-state index in [-0.39, 0.29) is 46.4 Å². The van der Waals surface area contributed by atoms with Crippen molar-refractivity contribution in [3.63, 3.8) is 0 Å². The fourth-order valence-electron chi connectivity index (χ4n) is 5.58. The second-order valence-electron chi connectivity index (χ2n) is 12.3. The monoisotopic (exact) mass is 689 g/mol. The van der Waals surface area contributed by atoms with Crippen molar-refractivity contribution in [2.24, 2.45) is 5.92 Å². The summed E-state index contributed by atoms with van der Waals surface area (Å²) in [5, 5.41) is 12.8. The number of aliphatic hydroxyl groups excluding tert-OH is 1. The first kappa shape index (κ1) is 35.3. The van der Waals surface area contributed by atoms with Crippen LogP contribution in [0.15, 0.2) is 95.9 Å². The second kappa shape index (κ2) is 15.1. The van der Waals surface area contributed by atoms with Crippen LogP contribution in [0.5, 0.6) is 5.75 Å². The summed E-state index contributed by atoms with van der Waals surface area (Å²) < 4.78 is 48.3. The number of sulfonamides is 1. The molecule has 49 heavy (non-hydrogen) atoms. The topological polar surface area (TPSA) is 154 Å². The van der Waals surface area contributed by atoms with E-state index in [0.29, 0.717) is 36.6 Å². The number of carbonyl (C=O) groups excluding carboxylic acids is 2. The van der Waals surface area contributed by atoms with Crippen LogP contribution in [-0.2, 0) is 16.6 Å². The second-order valence-corrected chi connectivity index (χ2v) is 14.0. The summed E-state index contributed by atoms with van der Waals surface area (Å²) in [7, 11) is -2.12. The minimum atomic E-state index is -4.07. The summed E-state index contributed by atoms with van der Waals surface area (Å²) in [6.45, 7) is 4.78. The van der Waals surface area contributed by atoms with E-state index in [0.717, 1.165) is 29.8 Å². The largest absolute Gasteiger partial charge is 0.488 e. The van der Waals surface area contributed by atoms with Gasteiger partial charge in [0.25, 0.3) is 21.8 Å². The zero-order valence-electron chi connectivity index (χ0n) is 27.5. The molecule has 1 aliphatic heterocycles. The van der Waals surface area contributed by atoms with Gasteiger partial charge in [-0.2, -0.15) is 0 Å². The van der Waals surface area contributed by atoms with Gasteiger partial charge in [-0.3, -0.25) is 19.2 Å². The van der Waals surface area contributed by atoms with Crippen LogP contribution in [0, 0.1) is 11.7 Å². The first-order valence-electron chi connectivity index (χ1n) is 15.8. The van der Waals surface area contributed by atoms with Crippen molar-refractivity contribution in [3.8, 4) is 5.75 Å². The molecule has 11 nitrogen and oxygen atoms in total. The molecule has 0 saturated heterocycles. The molecule has 5 N–H and O–H groups in total. The van der Waals surface area contributed by atoms with Gasteiger partial charge in [0.2, 0.25) is 0 Å². The van der Waals surface area contributed by atoms with Gasteiger partial charge in [-0.15, -0.1) is 0 Å². The van der Waals surface area contributed by atoms with E-state index >= 15 is 0 Å².